The number of carbonyl (C=O) groups excluding carboxylic acids is 1. The minimum Gasteiger partial charge on any atom is -0.495 e. The van der Waals surface area contributed by atoms with Crippen molar-refractivity contribution in [3.63, 3.8) is 0 Å². The Bertz CT molecular complexity index is 1700. The third kappa shape index (κ3) is 6.00. The number of halogens is 1. The number of nitrogens with zero attached hydrogens (tertiary/aromatic N) is 3. The van der Waals surface area contributed by atoms with Crippen LogP contribution < -0.4 is 14.5 Å². The zero-order chi connectivity index (χ0) is 28.2. The van der Waals surface area contributed by atoms with Crippen molar-refractivity contribution in [2.75, 3.05) is 18.0 Å². The van der Waals surface area contributed by atoms with E-state index in [2.05, 4.69) is 10.5 Å². The number of rotatable bonds is 9. The minimum absolute atomic E-state index is 0.0265. The molecule has 0 bridgehead atoms. The first-order valence-electron chi connectivity index (χ1n) is 11.5. The van der Waals surface area contributed by atoms with E-state index in [9.17, 15) is 23.3 Å². The SMILES string of the molecule is COc1ccc(Cl)cc1N(CC(=O)N/N=C\c1cccc2ccccc12)S(=O)(=O)c1ccc(C)c([N+](=O)[O-])c1. The highest BCUT2D eigenvalue weighted by Gasteiger charge is 2.31. The molecular weight excluding hydrogens is 544 g/mol. The Kier molecular flexibility index (Phi) is 8.12. The molecule has 4 rings (SSSR count). The average Bonchev–Trinajstić information content (AvgIpc) is 2.91. The van der Waals surface area contributed by atoms with Crippen LogP contribution in [-0.2, 0) is 14.8 Å². The average molecular weight is 567 g/mol. The Morgan fingerprint density at radius 2 is 1.85 bits per heavy atom. The molecule has 1 N–H and O–H groups in total. The Morgan fingerprint density at radius 3 is 2.59 bits per heavy atom. The number of hydrogen-bond donors (Lipinski definition) is 1. The summed E-state index contributed by atoms with van der Waals surface area (Å²) in [5, 5.41) is 17.6. The van der Waals surface area contributed by atoms with Crippen molar-refractivity contribution in [2.45, 2.75) is 11.8 Å². The maximum Gasteiger partial charge on any atom is 0.273 e. The number of benzene rings is 4. The first-order chi connectivity index (χ1) is 18.6. The molecule has 0 aliphatic rings. The summed E-state index contributed by atoms with van der Waals surface area (Å²) in [5.41, 5.74) is 2.98. The molecule has 0 atom stereocenters. The molecule has 0 unspecified atom stereocenters. The highest BCUT2D eigenvalue weighted by molar-refractivity contribution is 7.92. The highest BCUT2D eigenvalue weighted by Crippen LogP contribution is 2.35. The third-order valence-electron chi connectivity index (χ3n) is 5.88. The number of nitro groups is 1. The van der Waals surface area contributed by atoms with E-state index in [0.29, 0.717) is 0 Å². The number of hydrazone groups is 1. The smallest absolute Gasteiger partial charge is 0.273 e. The number of sulfonamides is 1. The fraction of sp³-hybridized carbons (Fsp3) is 0.111. The van der Waals surface area contributed by atoms with Crippen LogP contribution in [0, 0.1) is 17.0 Å². The van der Waals surface area contributed by atoms with Crippen LogP contribution in [0.2, 0.25) is 5.02 Å². The van der Waals surface area contributed by atoms with Gasteiger partial charge in [-0.05, 0) is 42.0 Å². The van der Waals surface area contributed by atoms with Crippen molar-refractivity contribution in [1.82, 2.24) is 5.43 Å². The first kappa shape index (κ1) is 27.6. The molecule has 1 amide bonds. The van der Waals surface area contributed by atoms with Crippen molar-refractivity contribution >= 4 is 55.9 Å². The number of amides is 1. The van der Waals surface area contributed by atoms with Gasteiger partial charge in [-0.25, -0.2) is 13.8 Å². The lowest BCUT2D eigenvalue weighted by Crippen LogP contribution is -2.39. The van der Waals surface area contributed by atoms with Crippen molar-refractivity contribution < 1.29 is 22.9 Å². The largest absolute Gasteiger partial charge is 0.495 e. The van der Waals surface area contributed by atoms with Gasteiger partial charge in [0.05, 0.1) is 28.8 Å². The van der Waals surface area contributed by atoms with Crippen molar-refractivity contribution in [2.24, 2.45) is 5.10 Å². The lowest BCUT2D eigenvalue weighted by atomic mass is 10.1. The Balaban J connectivity index is 1.69. The summed E-state index contributed by atoms with van der Waals surface area (Å²) in [6.07, 6.45) is 1.46. The number of carbonyl (C=O) groups is 1. The predicted octanol–water partition coefficient (Wildman–Crippen LogP) is 5.06. The second-order valence-corrected chi connectivity index (χ2v) is 10.7. The van der Waals surface area contributed by atoms with Gasteiger partial charge < -0.3 is 4.74 Å². The second-order valence-electron chi connectivity index (χ2n) is 8.39. The topological polar surface area (TPSA) is 131 Å². The molecule has 10 nitrogen and oxygen atoms in total. The fourth-order valence-electron chi connectivity index (χ4n) is 3.93. The third-order valence-corrected chi connectivity index (χ3v) is 7.87. The maximum atomic E-state index is 13.8. The zero-order valence-electron chi connectivity index (χ0n) is 20.9. The molecule has 4 aromatic rings. The van der Waals surface area contributed by atoms with Crippen LogP contribution in [0.5, 0.6) is 5.75 Å². The van der Waals surface area contributed by atoms with Gasteiger partial charge in [-0.15, -0.1) is 0 Å². The van der Waals surface area contributed by atoms with Gasteiger partial charge >= 0.3 is 0 Å². The Hall–Kier alpha value is -4.48. The van der Waals surface area contributed by atoms with Crippen molar-refractivity contribution in [1.29, 1.82) is 0 Å². The quantitative estimate of drug-likeness (QED) is 0.171. The van der Waals surface area contributed by atoms with Crippen LogP contribution in [0.15, 0.2) is 88.9 Å². The molecular formula is C27H23ClN4O6S. The van der Waals surface area contributed by atoms with E-state index in [-0.39, 0.29) is 32.6 Å². The minimum atomic E-state index is -4.50. The van der Waals surface area contributed by atoms with Gasteiger partial charge in [0.2, 0.25) is 0 Å². The highest BCUT2D eigenvalue weighted by atomic mass is 35.5. The lowest BCUT2D eigenvalue weighted by molar-refractivity contribution is -0.385. The number of nitro benzene ring substituents is 1. The van der Waals surface area contributed by atoms with Crippen molar-refractivity contribution in [3.05, 3.63) is 105 Å². The number of aryl methyl sites for hydroxylation is 1. The van der Waals surface area contributed by atoms with Crippen LogP contribution in [0.1, 0.15) is 11.1 Å². The molecule has 0 aliphatic carbocycles. The summed E-state index contributed by atoms with van der Waals surface area (Å²) >= 11 is 6.15. The van der Waals surface area contributed by atoms with Crippen molar-refractivity contribution in [3.8, 4) is 5.75 Å². The van der Waals surface area contributed by atoms with E-state index in [4.69, 9.17) is 16.3 Å². The van der Waals surface area contributed by atoms with E-state index in [1.165, 1.54) is 50.6 Å². The lowest BCUT2D eigenvalue weighted by Gasteiger charge is -2.25. The van der Waals surface area contributed by atoms with Gasteiger partial charge in [-0.2, -0.15) is 5.10 Å². The number of methoxy groups -OCH3 is 1. The van der Waals surface area contributed by atoms with Crippen LogP contribution in [-0.4, -0.2) is 39.1 Å². The summed E-state index contributed by atoms with van der Waals surface area (Å²) in [6, 6.07) is 21.1. The summed E-state index contributed by atoms with van der Waals surface area (Å²) in [7, 11) is -3.16. The van der Waals surface area contributed by atoms with E-state index in [1.54, 1.807) is 0 Å². The molecule has 0 fully saturated rings. The molecule has 12 heteroatoms. The van der Waals surface area contributed by atoms with Crippen LogP contribution in [0.3, 0.4) is 0 Å². The number of hydrogen-bond acceptors (Lipinski definition) is 7. The van der Waals surface area contributed by atoms with Crippen LogP contribution in [0.4, 0.5) is 11.4 Å². The van der Waals surface area contributed by atoms with E-state index in [0.717, 1.165) is 26.7 Å². The van der Waals surface area contributed by atoms with Gasteiger partial charge in [-0.3, -0.25) is 19.2 Å². The number of anilines is 1. The van der Waals surface area contributed by atoms with Crippen LogP contribution in [0.25, 0.3) is 10.8 Å². The second kappa shape index (κ2) is 11.5. The van der Waals surface area contributed by atoms with E-state index < -0.39 is 27.4 Å². The standard InChI is InChI=1S/C27H23ClN4O6S/c1-18-10-12-22(15-24(18)32(34)35)39(36,37)31(25-14-21(28)11-13-26(25)38-2)17-27(33)30-29-16-20-8-5-7-19-6-3-4-9-23(19)20/h3-16H,17H2,1-2H3,(H,30,33)/b29-16-. The molecule has 0 heterocycles. The normalized spacial score (nSPS) is 11.5. The van der Waals surface area contributed by atoms with Crippen LogP contribution >= 0.6 is 11.6 Å². The Labute approximate surface area is 229 Å². The fourth-order valence-corrected chi connectivity index (χ4v) is 5.54. The number of fused-ring (bicyclic) bond motifs is 1. The number of nitrogens with one attached hydrogen (secondary N) is 1. The molecule has 0 saturated carbocycles. The summed E-state index contributed by atoms with van der Waals surface area (Å²) in [5.74, 6) is -0.643. The van der Waals surface area contributed by atoms with E-state index >= 15 is 0 Å². The monoisotopic (exact) mass is 566 g/mol. The number of ether oxygens (including phenoxy) is 1. The molecule has 39 heavy (non-hydrogen) atoms. The summed E-state index contributed by atoms with van der Waals surface area (Å²) in [4.78, 5) is 23.4. The summed E-state index contributed by atoms with van der Waals surface area (Å²) < 4.78 is 33.6. The molecule has 0 aliphatic heterocycles. The maximum absolute atomic E-state index is 13.8. The zero-order valence-corrected chi connectivity index (χ0v) is 22.4. The van der Waals surface area contributed by atoms with Gasteiger partial charge in [0.25, 0.3) is 21.6 Å². The van der Waals surface area contributed by atoms with Gasteiger partial charge in [0.15, 0.2) is 0 Å². The van der Waals surface area contributed by atoms with Gasteiger partial charge in [0, 0.05) is 22.2 Å². The Morgan fingerprint density at radius 1 is 1.10 bits per heavy atom. The van der Waals surface area contributed by atoms with E-state index in [1.807, 2.05) is 42.5 Å². The van der Waals surface area contributed by atoms with Gasteiger partial charge in [0.1, 0.15) is 12.3 Å². The molecule has 4 aromatic carbocycles. The molecule has 0 radical (unpaired) electrons. The predicted molar refractivity (Wildman–Crippen MR) is 150 cm³/mol. The molecule has 200 valence electrons. The molecule has 0 spiro atoms. The summed E-state index contributed by atoms with van der Waals surface area (Å²) in [6.45, 7) is 0.779. The first-order valence-corrected chi connectivity index (χ1v) is 13.3. The van der Waals surface area contributed by atoms with Gasteiger partial charge in [-0.1, -0.05) is 60.1 Å². The molecule has 0 saturated heterocycles. The molecule has 0 aromatic heterocycles.